The maximum atomic E-state index is 13.1. The standard InChI is InChI=1S/C13H13F2N3O/c14-10-4-2-7(6-11(10)15)12-17-13(19-18-12)8-1-3-9(16)5-8/h2,4,6,8-9H,1,3,5,16H2/t8-,9+/m1/s1. The van der Waals surface area contributed by atoms with Crippen LogP contribution in [0.5, 0.6) is 0 Å². The highest BCUT2D eigenvalue weighted by atomic mass is 19.2. The van der Waals surface area contributed by atoms with E-state index in [9.17, 15) is 8.78 Å². The molecule has 1 saturated carbocycles. The second-order valence-corrected chi connectivity index (χ2v) is 4.86. The fraction of sp³-hybridized carbons (Fsp3) is 0.385. The van der Waals surface area contributed by atoms with Gasteiger partial charge >= 0.3 is 0 Å². The number of benzene rings is 1. The first-order valence-electron chi connectivity index (χ1n) is 6.18. The number of aromatic nitrogens is 2. The van der Waals surface area contributed by atoms with E-state index in [0.29, 0.717) is 11.5 Å². The summed E-state index contributed by atoms with van der Waals surface area (Å²) < 4.78 is 31.2. The number of halogens is 2. The predicted octanol–water partition coefficient (Wildman–Crippen LogP) is 2.61. The Morgan fingerprint density at radius 1 is 1.21 bits per heavy atom. The Labute approximate surface area is 108 Å². The van der Waals surface area contributed by atoms with E-state index in [-0.39, 0.29) is 17.8 Å². The number of hydrogen-bond acceptors (Lipinski definition) is 4. The molecule has 1 aliphatic carbocycles. The molecule has 0 amide bonds. The summed E-state index contributed by atoms with van der Waals surface area (Å²) in [7, 11) is 0. The Bertz CT molecular complexity index is 599. The third-order valence-corrected chi connectivity index (χ3v) is 3.44. The van der Waals surface area contributed by atoms with E-state index in [2.05, 4.69) is 10.1 Å². The van der Waals surface area contributed by atoms with Crippen LogP contribution in [-0.2, 0) is 0 Å². The lowest BCUT2D eigenvalue weighted by Gasteiger charge is -2.01. The molecular weight excluding hydrogens is 252 g/mol. The molecule has 1 fully saturated rings. The number of nitrogens with two attached hydrogens (primary N) is 1. The van der Waals surface area contributed by atoms with Gasteiger partial charge in [-0.1, -0.05) is 5.16 Å². The molecule has 1 heterocycles. The molecule has 1 aliphatic rings. The van der Waals surface area contributed by atoms with Gasteiger partial charge in [0.25, 0.3) is 0 Å². The Kier molecular flexibility index (Phi) is 3.02. The second-order valence-electron chi connectivity index (χ2n) is 4.86. The average Bonchev–Trinajstić information content (AvgIpc) is 3.01. The van der Waals surface area contributed by atoms with E-state index in [1.165, 1.54) is 6.07 Å². The third-order valence-electron chi connectivity index (χ3n) is 3.44. The van der Waals surface area contributed by atoms with Gasteiger partial charge in [0.15, 0.2) is 11.6 Å². The quantitative estimate of drug-likeness (QED) is 0.906. The molecule has 3 rings (SSSR count). The molecule has 2 atom stereocenters. The molecule has 0 radical (unpaired) electrons. The molecule has 2 aromatic rings. The molecule has 0 aliphatic heterocycles. The molecule has 2 N–H and O–H groups in total. The van der Waals surface area contributed by atoms with Crippen molar-refractivity contribution in [2.45, 2.75) is 31.2 Å². The Morgan fingerprint density at radius 2 is 2.05 bits per heavy atom. The van der Waals surface area contributed by atoms with Crippen molar-refractivity contribution in [1.29, 1.82) is 0 Å². The Morgan fingerprint density at radius 3 is 2.74 bits per heavy atom. The lowest BCUT2D eigenvalue weighted by atomic mass is 10.1. The predicted molar refractivity (Wildman–Crippen MR) is 64.2 cm³/mol. The van der Waals surface area contributed by atoms with Crippen molar-refractivity contribution in [2.75, 3.05) is 0 Å². The summed E-state index contributed by atoms with van der Waals surface area (Å²) in [6, 6.07) is 3.70. The fourth-order valence-electron chi connectivity index (χ4n) is 2.39. The van der Waals surface area contributed by atoms with Gasteiger partial charge in [-0.15, -0.1) is 0 Å². The molecule has 1 aromatic carbocycles. The van der Waals surface area contributed by atoms with Crippen molar-refractivity contribution in [3.63, 3.8) is 0 Å². The number of rotatable bonds is 2. The van der Waals surface area contributed by atoms with E-state index in [0.717, 1.165) is 31.4 Å². The van der Waals surface area contributed by atoms with Gasteiger partial charge in [0.05, 0.1) is 0 Å². The molecule has 0 saturated heterocycles. The summed E-state index contributed by atoms with van der Waals surface area (Å²) in [5.74, 6) is -0.857. The lowest BCUT2D eigenvalue weighted by molar-refractivity contribution is 0.353. The zero-order chi connectivity index (χ0) is 13.4. The summed E-state index contributed by atoms with van der Waals surface area (Å²) in [5.41, 5.74) is 6.24. The van der Waals surface area contributed by atoms with Crippen LogP contribution in [0.15, 0.2) is 22.7 Å². The first-order chi connectivity index (χ1) is 9.13. The minimum atomic E-state index is -0.924. The molecule has 0 bridgehead atoms. The first kappa shape index (κ1) is 12.2. The zero-order valence-corrected chi connectivity index (χ0v) is 10.1. The maximum Gasteiger partial charge on any atom is 0.230 e. The zero-order valence-electron chi connectivity index (χ0n) is 10.1. The van der Waals surface area contributed by atoms with Crippen molar-refractivity contribution < 1.29 is 13.3 Å². The van der Waals surface area contributed by atoms with Gasteiger partial charge in [-0.25, -0.2) is 8.78 Å². The van der Waals surface area contributed by atoms with Crippen LogP contribution in [0.1, 0.15) is 31.1 Å². The highest BCUT2D eigenvalue weighted by molar-refractivity contribution is 5.54. The van der Waals surface area contributed by atoms with Crippen LogP contribution in [-0.4, -0.2) is 16.2 Å². The first-order valence-corrected chi connectivity index (χ1v) is 6.18. The van der Waals surface area contributed by atoms with Crippen molar-refractivity contribution >= 4 is 0 Å². The largest absolute Gasteiger partial charge is 0.339 e. The summed E-state index contributed by atoms with van der Waals surface area (Å²) in [6.45, 7) is 0. The van der Waals surface area contributed by atoms with E-state index in [1.54, 1.807) is 0 Å². The third kappa shape index (κ3) is 2.35. The molecule has 4 nitrogen and oxygen atoms in total. The van der Waals surface area contributed by atoms with Gasteiger partial charge in [-0.2, -0.15) is 4.98 Å². The van der Waals surface area contributed by atoms with Crippen molar-refractivity contribution in [3.05, 3.63) is 35.7 Å². The van der Waals surface area contributed by atoms with Crippen LogP contribution in [0.2, 0.25) is 0 Å². The molecule has 100 valence electrons. The topological polar surface area (TPSA) is 64.9 Å². The van der Waals surface area contributed by atoms with Crippen molar-refractivity contribution in [2.24, 2.45) is 5.73 Å². The average molecular weight is 265 g/mol. The fourth-order valence-corrected chi connectivity index (χ4v) is 2.39. The van der Waals surface area contributed by atoms with Gasteiger partial charge in [0.1, 0.15) is 0 Å². The number of hydrogen-bond donors (Lipinski definition) is 1. The van der Waals surface area contributed by atoms with E-state index >= 15 is 0 Å². The van der Waals surface area contributed by atoms with Gasteiger partial charge in [-0.05, 0) is 37.5 Å². The molecular formula is C13H13F2N3O. The SMILES string of the molecule is N[C@H]1CC[C@@H](c2nc(-c3ccc(F)c(F)c3)no2)C1. The van der Waals surface area contributed by atoms with Gasteiger partial charge in [0, 0.05) is 17.5 Å². The number of nitrogens with zero attached hydrogens (tertiary/aromatic N) is 2. The monoisotopic (exact) mass is 265 g/mol. The molecule has 0 unspecified atom stereocenters. The Balaban J connectivity index is 1.86. The minimum absolute atomic E-state index is 0.168. The smallest absolute Gasteiger partial charge is 0.230 e. The van der Waals surface area contributed by atoms with Gasteiger partial charge < -0.3 is 10.3 Å². The molecule has 1 aromatic heterocycles. The van der Waals surface area contributed by atoms with Crippen LogP contribution < -0.4 is 5.73 Å². The van der Waals surface area contributed by atoms with Crippen molar-refractivity contribution in [3.8, 4) is 11.4 Å². The van der Waals surface area contributed by atoms with Crippen LogP contribution in [0.25, 0.3) is 11.4 Å². The highest BCUT2D eigenvalue weighted by Crippen LogP contribution is 2.33. The normalized spacial score (nSPS) is 22.9. The summed E-state index contributed by atoms with van der Waals surface area (Å²) in [6.07, 6.45) is 2.67. The van der Waals surface area contributed by atoms with Crippen LogP contribution in [0, 0.1) is 11.6 Å². The van der Waals surface area contributed by atoms with Crippen molar-refractivity contribution in [1.82, 2.24) is 10.1 Å². The second kappa shape index (κ2) is 4.70. The van der Waals surface area contributed by atoms with E-state index < -0.39 is 11.6 Å². The van der Waals surface area contributed by atoms with E-state index in [4.69, 9.17) is 10.3 Å². The van der Waals surface area contributed by atoms with Gasteiger partial charge in [0.2, 0.25) is 11.7 Å². The maximum absolute atomic E-state index is 13.1. The minimum Gasteiger partial charge on any atom is -0.339 e. The highest BCUT2D eigenvalue weighted by Gasteiger charge is 2.28. The van der Waals surface area contributed by atoms with Crippen LogP contribution in [0.3, 0.4) is 0 Å². The molecule has 19 heavy (non-hydrogen) atoms. The summed E-state index contributed by atoms with van der Waals surface area (Å²) in [4.78, 5) is 4.25. The van der Waals surface area contributed by atoms with E-state index in [1.807, 2.05) is 0 Å². The van der Waals surface area contributed by atoms with Crippen LogP contribution in [0.4, 0.5) is 8.78 Å². The van der Waals surface area contributed by atoms with Gasteiger partial charge in [-0.3, -0.25) is 0 Å². The lowest BCUT2D eigenvalue weighted by Crippen LogP contribution is -2.14. The summed E-state index contributed by atoms with van der Waals surface area (Å²) in [5, 5.41) is 3.81. The Hall–Kier alpha value is -1.82. The summed E-state index contributed by atoms with van der Waals surface area (Å²) >= 11 is 0. The molecule has 0 spiro atoms. The van der Waals surface area contributed by atoms with Crippen LogP contribution >= 0.6 is 0 Å². The molecule has 6 heteroatoms.